The van der Waals surface area contributed by atoms with Gasteiger partial charge in [0.25, 0.3) is 0 Å². The summed E-state index contributed by atoms with van der Waals surface area (Å²) in [7, 11) is 0. The molecule has 0 aromatic heterocycles. The molecule has 0 bridgehead atoms. The molecule has 2 nitrogen and oxygen atoms in total. The number of halogens is 1. The van der Waals surface area contributed by atoms with Gasteiger partial charge < -0.3 is 10.1 Å². The molecule has 3 rings (SSSR count). The third-order valence-corrected chi connectivity index (χ3v) is 3.61. The Bertz CT molecular complexity index is 597. The maximum atomic E-state index is 13.4. The molecule has 0 fully saturated rings. The minimum Gasteiger partial charge on any atom is -0.493 e. The fourth-order valence-electron chi connectivity index (χ4n) is 2.51. The van der Waals surface area contributed by atoms with Crippen LogP contribution in [-0.2, 0) is 19.4 Å². The average Bonchev–Trinajstić information content (AvgIpc) is 2.93. The Labute approximate surface area is 118 Å². The van der Waals surface area contributed by atoms with E-state index in [1.807, 2.05) is 18.2 Å². The smallest absolute Gasteiger partial charge is 0.126 e. The highest BCUT2D eigenvalue weighted by Crippen LogP contribution is 2.25. The van der Waals surface area contributed by atoms with Crippen molar-refractivity contribution < 1.29 is 9.13 Å². The third kappa shape index (κ3) is 2.99. The molecular weight excluding hydrogens is 253 g/mol. The molecule has 104 valence electrons. The molecule has 0 spiro atoms. The molecule has 20 heavy (non-hydrogen) atoms. The number of ether oxygens (including phenoxy) is 1. The summed E-state index contributed by atoms with van der Waals surface area (Å²) in [5, 5.41) is 3.36. The first-order valence-corrected chi connectivity index (χ1v) is 7.01. The first-order chi connectivity index (χ1) is 9.83. The number of hydrogen-bond donors (Lipinski definition) is 1. The van der Waals surface area contributed by atoms with Crippen LogP contribution in [0.4, 0.5) is 4.39 Å². The quantitative estimate of drug-likeness (QED) is 0.844. The van der Waals surface area contributed by atoms with E-state index in [-0.39, 0.29) is 5.82 Å². The van der Waals surface area contributed by atoms with Crippen molar-refractivity contribution in [2.45, 2.75) is 19.4 Å². The summed E-state index contributed by atoms with van der Waals surface area (Å²) < 4.78 is 18.9. The van der Waals surface area contributed by atoms with Crippen LogP contribution in [0.2, 0.25) is 0 Å². The van der Waals surface area contributed by atoms with Gasteiger partial charge in [0, 0.05) is 13.0 Å². The van der Waals surface area contributed by atoms with Crippen LogP contribution >= 0.6 is 0 Å². The maximum absolute atomic E-state index is 13.4. The summed E-state index contributed by atoms with van der Waals surface area (Å²) in [4.78, 5) is 0. The Balaban J connectivity index is 1.49. The summed E-state index contributed by atoms with van der Waals surface area (Å²) >= 11 is 0. The summed E-state index contributed by atoms with van der Waals surface area (Å²) in [5.74, 6) is 0.893. The SMILES string of the molecule is Fc1ccccc1CCNCc1ccc2c(c1)CCO2. The van der Waals surface area contributed by atoms with E-state index in [0.29, 0.717) is 6.42 Å². The van der Waals surface area contributed by atoms with Gasteiger partial charge in [-0.2, -0.15) is 0 Å². The van der Waals surface area contributed by atoms with Crippen LogP contribution in [0.3, 0.4) is 0 Å². The highest BCUT2D eigenvalue weighted by atomic mass is 19.1. The van der Waals surface area contributed by atoms with Gasteiger partial charge in [-0.1, -0.05) is 30.3 Å². The number of rotatable bonds is 5. The Morgan fingerprint density at radius 1 is 1.15 bits per heavy atom. The number of fused-ring (bicyclic) bond motifs is 1. The lowest BCUT2D eigenvalue weighted by molar-refractivity contribution is 0.357. The van der Waals surface area contributed by atoms with Gasteiger partial charge in [0.2, 0.25) is 0 Å². The first-order valence-electron chi connectivity index (χ1n) is 7.01. The van der Waals surface area contributed by atoms with E-state index in [0.717, 1.165) is 37.4 Å². The van der Waals surface area contributed by atoms with Gasteiger partial charge in [-0.3, -0.25) is 0 Å². The normalized spacial score (nSPS) is 13.1. The van der Waals surface area contributed by atoms with Crippen LogP contribution < -0.4 is 10.1 Å². The van der Waals surface area contributed by atoms with Crippen molar-refractivity contribution in [1.82, 2.24) is 5.32 Å². The maximum Gasteiger partial charge on any atom is 0.126 e. The van der Waals surface area contributed by atoms with Crippen LogP contribution in [0.15, 0.2) is 42.5 Å². The molecule has 2 aromatic rings. The molecular formula is C17H18FNO. The Kier molecular flexibility index (Phi) is 3.97. The molecule has 0 saturated carbocycles. The molecule has 1 aliphatic heterocycles. The number of hydrogen-bond acceptors (Lipinski definition) is 2. The standard InChI is InChI=1S/C17H18FNO/c18-16-4-2-1-3-14(16)7-9-19-12-13-5-6-17-15(11-13)8-10-20-17/h1-6,11,19H,7-10,12H2. The first kappa shape index (κ1) is 13.1. The lowest BCUT2D eigenvalue weighted by atomic mass is 10.1. The lowest BCUT2D eigenvalue weighted by Gasteiger charge is -2.07. The molecule has 0 aliphatic carbocycles. The average molecular weight is 271 g/mol. The van der Waals surface area contributed by atoms with Crippen molar-refractivity contribution in [3.8, 4) is 5.75 Å². The summed E-state index contributed by atoms with van der Waals surface area (Å²) in [6.07, 6.45) is 1.71. The molecule has 1 heterocycles. The van der Waals surface area contributed by atoms with E-state index in [1.54, 1.807) is 6.07 Å². The molecule has 3 heteroatoms. The molecule has 0 saturated heterocycles. The predicted molar refractivity (Wildman–Crippen MR) is 77.5 cm³/mol. The van der Waals surface area contributed by atoms with Gasteiger partial charge in [-0.25, -0.2) is 4.39 Å². The minimum atomic E-state index is -0.121. The monoisotopic (exact) mass is 271 g/mol. The molecule has 1 aliphatic rings. The Hall–Kier alpha value is -1.87. The van der Waals surface area contributed by atoms with Gasteiger partial charge in [-0.05, 0) is 41.8 Å². The van der Waals surface area contributed by atoms with Gasteiger partial charge in [0.1, 0.15) is 11.6 Å². The van der Waals surface area contributed by atoms with E-state index < -0.39 is 0 Å². The largest absolute Gasteiger partial charge is 0.493 e. The molecule has 0 unspecified atom stereocenters. The fourth-order valence-corrected chi connectivity index (χ4v) is 2.51. The lowest BCUT2D eigenvalue weighted by Crippen LogP contribution is -2.17. The predicted octanol–water partition coefficient (Wildman–Crippen LogP) is 3.09. The summed E-state index contributed by atoms with van der Waals surface area (Å²) in [5.41, 5.74) is 3.31. The Morgan fingerprint density at radius 2 is 2.05 bits per heavy atom. The van der Waals surface area contributed by atoms with Crippen LogP contribution in [0.1, 0.15) is 16.7 Å². The highest BCUT2D eigenvalue weighted by molar-refractivity contribution is 5.39. The fraction of sp³-hybridized carbons (Fsp3) is 0.294. The summed E-state index contributed by atoms with van der Waals surface area (Å²) in [6, 6.07) is 13.3. The molecule has 0 radical (unpaired) electrons. The van der Waals surface area contributed by atoms with Crippen molar-refractivity contribution in [2.24, 2.45) is 0 Å². The van der Waals surface area contributed by atoms with Crippen molar-refractivity contribution in [2.75, 3.05) is 13.2 Å². The second-order valence-electron chi connectivity index (χ2n) is 5.06. The minimum absolute atomic E-state index is 0.121. The molecule has 1 N–H and O–H groups in total. The van der Waals surface area contributed by atoms with Crippen molar-refractivity contribution in [3.05, 3.63) is 65.0 Å². The van der Waals surface area contributed by atoms with E-state index in [1.165, 1.54) is 17.2 Å². The summed E-state index contributed by atoms with van der Waals surface area (Å²) in [6.45, 7) is 2.37. The van der Waals surface area contributed by atoms with Crippen LogP contribution in [0.25, 0.3) is 0 Å². The zero-order valence-corrected chi connectivity index (χ0v) is 11.4. The topological polar surface area (TPSA) is 21.3 Å². The Morgan fingerprint density at radius 3 is 2.95 bits per heavy atom. The number of nitrogens with one attached hydrogen (secondary N) is 1. The van der Waals surface area contributed by atoms with Crippen molar-refractivity contribution >= 4 is 0 Å². The van der Waals surface area contributed by atoms with Gasteiger partial charge >= 0.3 is 0 Å². The zero-order valence-electron chi connectivity index (χ0n) is 11.4. The van der Waals surface area contributed by atoms with E-state index in [9.17, 15) is 4.39 Å². The highest BCUT2D eigenvalue weighted by Gasteiger charge is 2.11. The van der Waals surface area contributed by atoms with E-state index >= 15 is 0 Å². The van der Waals surface area contributed by atoms with Crippen molar-refractivity contribution in [1.29, 1.82) is 0 Å². The second kappa shape index (κ2) is 6.06. The van der Waals surface area contributed by atoms with Crippen LogP contribution in [-0.4, -0.2) is 13.2 Å². The zero-order chi connectivity index (χ0) is 13.8. The molecule has 2 aromatic carbocycles. The van der Waals surface area contributed by atoms with E-state index in [4.69, 9.17) is 4.74 Å². The van der Waals surface area contributed by atoms with Gasteiger partial charge in [0.15, 0.2) is 0 Å². The van der Waals surface area contributed by atoms with Crippen LogP contribution in [0, 0.1) is 5.82 Å². The van der Waals surface area contributed by atoms with Gasteiger partial charge in [0.05, 0.1) is 6.61 Å². The molecule has 0 amide bonds. The van der Waals surface area contributed by atoms with Gasteiger partial charge in [-0.15, -0.1) is 0 Å². The van der Waals surface area contributed by atoms with E-state index in [2.05, 4.69) is 17.4 Å². The van der Waals surface area contributed by atoms with Crippen LogP contribution in [0.5, 0.6) is 5.75 Å². The number of benzene rings is 2. The third-order valence-electron chi connectivity index (χ3n) is 3.61. The molecule has 0 atom stereocenters. The second-order valence-corrected chi connectivity index (χ2v) is 5.06. The van der Waals surface area contributed by atoms with Crippen molar-refractivity contribution in [3.63, 3.8) is 0 Å².